The Morgan fingerprint density at radius 3 is 2.17 bits per heavy atom. The summed E-state index contributed by atoms with van der Waals surface area (Å²) in [6.07, 6.45) is -8.10. The smallest absolute Gasteiger partial charge is 0.422 e. The summed E-state index contributed by atoms with van der Waals surface area (Å²) in [6.45, 7) is -0.375. The van der Waals surface area contributed by atoms with Crippen molar-refractivity contribution in [3.05, 3.63) is 29.3 Å². The highest BCUT2D eigenvalue weighted by Crippen LogP contribution is 2.40. The van der Waals surface area contributed by atoms with E-state index in [9.17, 15) is 26.3 Å². The molecule has 1 aromatic carbocycles. The van der Waals surface area contributed by atoms with Gasteiger partial charge in [0.15, 0.2) is 6.61 Å². The zero-order valence-electron chi connectivity index (χ0n) is 11.9. The number of hydrogen-bond acceptors (Lipinski definition) is 2. The minimum absolute atomic E-state index is 0. The number of rotatable bonds is 3. The third-order valence-electron chi connectivity index (χ3n) is 3.51. The highest BCUT2D eigenvalue weighted by molar-refractivity contribution is 5.85. The Bertz CT molecular complexity index is 511. The molecular weight excluding hydrogens is 348 g/mol. The van der Waals surface area contributed by atoms with Crippen LogP contribution in [0.15, 0.2) is 18.2 Å². The van der Waals surface area contributed by atoms with Crippen LogP contribution in [-0.4, -0.2) is 25.9 Å². The van der Waals surface area contributed by atoms with Gasteiger partial charge >= 0.3 is 12.4 Å². The van der Waals surface area contributed by atoms with Crippen LogP contribution in [-0.2, 0) is 6.18 Å². The summed E-state index contributed by atoms with van der Waals surface area (Å²) >= 11 is 0. The van der Waals surface area contributed by atoms with Crippen molar-refractivity contribution in [1.29, 1.82) is 0 Å². The number of alkyl halides is 6. The number of nitrogens with one attached hydrogen (secondary N) is 1. The Labute approximate surface area is 135 Å². The molecule has 0 unspecified atom stereocenters. The molecule has 1 N–H and O–H groups in total. The maximum absolute atomic E-state index is 13.2. The van der Waals surface area contributed by atoms with Crippen molar-refractivity contribution < 1.29 is 31.1 Å². The average Bonchev–Trinajstić information content (AvgIpc) is 2.44. The Kier molecular flexibility index (Phi) is 6.59. The van der Waals surface area contributed by atoms with Crippen molar-refractivity contribution in [2.45, 2.75) is 31.1 Å². The maximum Gasteiger partial charge on any atom is 0.422 e. The van der Waals surface area contributed by atoms with Gasteiger partial charge in [-0.05, 0) is 49.5 Å². The first-order valence-electron chi connectivity index (χ1n) is 6.78. The lowest BCUT2D eigenvalue weighted by Gasteiger charge is -2.26. The molecule has 1 fully saturated rings. The van der Waals surface area contributed by atoms with Gasteiger partial charge in [-0.3, -0.25) is 0 Å². The minimum Gasteiger partial charge on any atom is -0.484 e. The van der Waals surface area contributed by atoms with Gasteiger partial charge in [-0.2, -0.15) is 26.3 Å². The largest absolute Gasteiger partial charge is 0.484 e. The van der Waals surface area contributed by atoms with Crippen LogP contribution in [0.4, 0.5) is 26.3 Å². The van der Waals surface area contributed by atoms with Crippen molar-refractivity contribution in [3.63, 3.8) is 0 Å². The molecule has 0 bridgehead atoms. The van der Waals surface area contributed by atoms with E-state index in [-0.39, 0.29) is 23.9 Å². The normalized spacial score (nSPS) is 16.8. The summed E-state index contributed by atoms with van der Waals surface area (Å²) in [4.78, 5) is 0. The molecule has 0 spiro atoms. The molecule has 2 rings (SSSR count). The van der Waals surface area contributed by atoms with E-state index in [1.165, 1.54) is 12.1 Å². The average molecular weight is 364 g/mol. The Morgan fingerprint density at radius 1 is 1.04 bits per heavy atom. The number of ether oxygens (including phenoxy) is 1. The molecule has 1 aliphatic rings. The molecule has 2 nitrogen and oxygen atoms in total. The Balaban J connectivity index is 0.00000264. The quantitative estimate of drug-likeness (QED) is 0.796. The maximum atomic E-state index is 13.2. The van der Waals surface area contributed by atoms with Crippen LogP contribution >= 0.6 is 12.4 Å². The summed E-state index contributed by atoms with van der Waals surface area (Å²) in [6, 6.07) is 3.05. The van der Waals surface area contributed by atoms with Crippen molar-refractivity contribution >= 4 is 12.4 Å². The molecule has 0 saturated carbocycles. The predicted octanol–water partition coefficient (Wildman–Crippen LogP) is 4.54. The van der Waals surface area contributed by atoms with Gasteiger partial charge in [0.25, 0.3) is 0 Å². The first-order chi connectivity index (χ1) is 10.2. The zero-order chi connectivity index (χ0) is 16.4. The second-order valence-corrected chi connectivity index (χ2v) is 5.17. The molecule has 0 amide bonds. The topological polar surface area (TPSA) is 21.3 Å². The fraction of sp³-hybridized carbons (Fsp3) is 0.571. The predicted molar refractivity (Wildman–Crippen MR) is 75.1 cm³/mol. The van der Waals surface area contributed by atoms with Crippen LogP contribution in [0.5, 0.6) is 5.75 Å². The third-order valence-corrected chi connectivity index (χ3v) is 3.51. The monoisotopic (exact) mass is 363 g/mol. The molecule has 1 aliphatic heterocycles. The van der Waals surface area contributed by atoms with E-state index >= 15 is 0 Å². The van der Waals surface area contributed by atoms with Gasteiger partial charge in [0, 0.05) is 0 Å². The van der Waals surface area contributed by atoms with Crippen molar-refractivity contribution in [2.24, 2.45) is 0 Å². The van der Waals surface area contributed by atoms with Crippen LogP contribution in [0.25, 0.3) is 0 Å². The van der Waals surface area contributed by atoms with E-state index < -0.39 is 30.3 Å². The second kappa shape index (κ2) is 7.61. The van der Waals surface area contributed by atoms with Crippen LogP contribution < -0.4 is 10.1 Å². The van der Waals surface area contributed by atoms with Gasteiger partial charge in [0.05, 0.1) is 5.56 Å². The van der Waals surface area contributed by atoms with Gasteiger partial charge in [0.2, 0.25) is 0 Å². The van der Waals surface area contributed by atoms with Gasteiger partial charge < -0.3 is 10.1 Å². The zero-order valence-corrected chi connectivity index (χ0v) is 12.7. The minimum atomic E-state index is -4.63. The molecule has 1 saturated heterocycles. The van der Waals surface area contributed by atoms with E-state index in [1.54, 1.807) is 0 Å². The third kappa shape index (κ3) is 5.76. The Hall–Kier alpha value is -1.15. The number of piperidine rings is 1. The van der Waals surface area contributed by atoms with Gasteiger partial charge in [0.1, 0.15) is 5.75 Å². The van der Waals surface area contributed by atoms with Crippen LogP contribution in [0.3, 0.4) is 0 Å². The number of hydrogen-bond donors (Lipinski definition) is 1. The molecule has 1 aromatic rings. The van der Waals surface area contributed by atoms with Gasteiger partial charge in [-0.15, -0.1) is 12.4 Å². The van der Waals surface area contributed by atoms with E-state index in [2.05, 4.69) is 10.1 Å². The summed E-state index contributed by atoms with van der Waals surface area (Å²) in [5, 5.41) is 3.06. The molecule has 1 heterocycles. The number of benzene rings is 1. The fourth-order valence-electron chi connectivity index (χ4n) is 2.52. The highest BCUT2D eigenvalue weighted by atomic mass is 35.5. The molecule has 0 atom stereocenters. The summed E-state index contributed by atoms with van der Waals surface area (Å²) in [7, 11) is 0. The van der Waals surface area contributed by atoms with Crippen LogP contribution in [0.1, 0.15) is 29.9 Å². The molecule has 0 aliphatic carbocycles. The van der Waals surface area contributed by atoms with Crippen molar-refractivity contribution in [1.82, 2.24) is 5.32 Å². The summed E-state index contributed by atoms with van der Waals surface area (Å²) < 4.78 is 80.2. The molecular formula is C14H16ClF6NO. The molecule has 132 valence electrons. The molecule has 23 heavy (non-hydrogen) atoms. The standard InChI is InChI=1S/C14H15F6NO.ClH/c15-13(16,17)8-22-10-1-2-11(9-3-5-21-6-4-9)12(7-10)14(18,19)20;/h1-2,7,9,21H,3-6,8H2;1H. The van der Waals surface area contributed by atoms with Crippen LogP contribution in [0, 0.1) is 0 Å². The lowest BCUT2D eigenvalue weighted by molar-refractivity contribution is -0.153. The Morgan fingerprint density at radius 2 is 1.65 bits per heavy atom. The van der Waals surface area contributed by atoms with E-state index in [0.717, 1.165) is 0 Å². The first kappa shape index (κ1) is 19.9. The van der Waals surface area contributed by atoms with E-state index in [0.29, 0.717) is 32.0 Å². The van der Waals surface area contributed by atoms with Gasteiger partial charge in [-0.1, -0.05) is 6.07 Å². The number of halogens is 7. The fourth-order valence-corrected chi connectivity index (χ4v) is 2.52. The molecule has 0 aromatic heterocycles. The molecule has 9 heteroatoms. The first-order valence-corrected chi connectivity index (χ1v) is 6.78. The SMILES string of the molecule is Cl.FC(F)(F)COc1ccc(C2CCNCC2)c(C(F)(F)F)c1. The van der Waals surface area contributed by atoms with E-state index in [1.807, 2.05) is 0 Å². The highest BCUT2D eigenvalue weighted by Gasteiger charge is 2.36. The van der Waals surface area contributed by atoms with E-state index in [4.69, 9.17) is 0 Å². The van der Waals surface area contributed by atoms with Gasteiger partial charge in [-0.25, -0.2) is 0 Å². The van der Waals surface area contributed by atoms with Crippen LogP contribution in [0.2, 0.25) is 0 Å². The lowest BCUT2D eigenvalue weighted by atomic mass is 9.87. The molecule has 0 radical (unpaired) electrons. The summed E-state index contributed by atoms with van der Waals surface area (Å²) in [5.74, 6) is -0.683. The van der Waals surface area contributed by atoms with Crippen molar-refractivity contribution in [3.8, 4) is 5.75 Å². The lowest BCUT2D eigenvalue weighted by Crippen LogP contribution is -2.28. The van der Waals surface area contributed by atoms with Crippen molar-refractivity contribution in [2.75, 3.05) is 19.7 Å². The second-order valence-electron chi connectivity index (χ2n) is 5.17. The summed E-state index contributed by atoms with van der Waals surface area (Å²) in [5.41, 5.74) is -0.799.